The van der Waals surface area contributed by atoms with Crippen LogP contribution in [0.25, 0.3) is 0 Å². The number of nitrogens with zero attached hydrogens (tertiary/aromatic N) is 2. The molecule has 1 aromatic heterocycles. The summed E-state index contributed by atoms with van der Waals surface area (Å²) < 4.78 is 0. The van der Waals surface area contributed by atoms with Crippen LogP contribution in [-0.2, 0) is 0 Å². The average Bonchev–Trinajstić information content (AvgIpc) is 2.15. The number of hydrogen-bond acceptors (Lipinski definition) is 3. The number of hydrogen-bond donors (Lipinski definition) is 1. The summed E-state index contributed by atoms with van der Waals surface area (Å²) >= 11 is 0. The normalized spacial score (nSPS) is 13.8. The lowest BCUT2D eigenvalue weighted by Gasteiger charge is -2.35. The van der Waals surface area contributed by atoms with Gasteiger partial charge in [-0.05, 0) is 32.9 Å². The Morgan fingerprint density at radius 3 is 2.29 bits per heavy atom. The van der Waals surface area contributed by atoms with Gasteiger partial charge in [0.25, 0.3) is 0 Å². The van der Waals surface area contributed by atoms with Crippen LogP contribution in [-0.4, -0.2) is 28.8 Å². The van der Waals surface area contributed by atoms with Gasteiger partial charge in [0.2, 0.25) is 0 Å². The summed E-state index contributed by atoms with van der Waals surface area (Å²) in [6, 6.07) is 3.93. The van der Waals surface area contributed by atoms with Crippen molar-refractivity contribution in [3.05, 3.63) is 24.5 Å². The Kier molecular flexibility index (Phi) is 3.11. The summed E-state index contributed by atoms with van der Waals surface area (Å²) in [6.45, 7) is 5.63. The molecule has 0 saturated heterocycles. The van der Waals surface area contributed by atoms with E-state index in [1.165, 1.54) is 0 Å². The van der Waals surface area contributed by atoms with E-state index in [2.05, 4.69) is 4.98 Å². The van der Waals surface area contributed by atoms with Gasteiger partial charge in [0.15, 0.2) is 0 Å². The zero-order valence-corrected chi connectivity index (χ0v) is 9.23. The number of aliphatic hydroxyl groups is 1. The second-order valence-corrected chi connectivity index (χ2v) is 4.15. The van der Waals surface area contributed by atoms with Crippen molar-refractivity contribution in [3.8, 4) is 0 Å². The maximum atomic E-state index is 9.86. The molecule has 0 aliphatic heterocycles. The lowest BCUT2D eigenvalue weighted by Crippen LogP contribution is -2.45. The molecule has 14 heavy (non-hydrogen) atoms. The third-order valence-corrected chi connectivity index (χ3v) is 2.67. The maximum absolute atomic E-state index is 9.86. The molecule has 0 aliphatic carbocycles. The first kappa shape index (κ1) is 11.0. The van der Waals surface area contributed by atoms with Crippen LogP contribution >= 0.6 is 0 Å². The molecule has 1 unspecified atom stereocenters. The number of rotatable bonds is 3. The van der Waals surface area contributed by atoms with Crippen molar-refractivity contribution in [2.45, 2.75) is 32.4 Å². The largest absolute Gasteiger partial charge is 0.388 e. The molecule has 1 atom stereocenters. The lowest BCUT2D eigenvalue weighted by molar-refractivity contribution is 0.0565. The van der Waals surface area contributed by atoms with Gasteiger partial charge >= 0.3 is 0 Å². The van der Waals surface area contributed by atoms with E-state index in [0.29, 0.717) is 0 Å². The van der Waals surface area contributed by atoms with E-state index in [0.717, 1.165) is 5.69 Å². The fraction of sp³-hybridized carbons (Fsp3) is 0.545. The van der Waals surface area contributed by atoms with E-state index >= 15 is 0 Å². The van der Waals surface area contributed by atoms with Crippen LogP contribution in [0.2, 0.25) is 0 Å². The molecule has 1 N–H and O–H groups in total. The molecule has 0 fully saturated rings. The molecule has 0 aliphatic rings. The highest BCUT2D eigenvalue weighted by Crippen LogP contribution is 2.20. The van der Waals surface area contributed by atoms with Gasteiger partial charge < -0.3 is 10.0 Å². The van der Waals surface area contributed by atoms with Crippen LogP contribution in [0.5, 0.6) is 0 Å². The topological polar surface area (TPSA) is 36.4 Å². The highest BCUT2D eigenvalue weighted by Gasteiger charge is 2.25. The molecule has 3 heteroatoms. The Morgan fingerprint density at radius 2 is 1.86 bits per heavy atom. The molecular weight excluding hydrogens is 176 g/mol. The highest BCUT2D eigenvalue weighted by molar-refractivity contribution is 5.45. The highest BCUT2D eigenvalue weighted by atomic mass is 16.3. The third-order valence-electron chi connectivity index (χ3n) is 2.67. The van der Waals surface area contributed by atoms with E-state index in [1.54, 1.807) is 12.4 Å². The number of likely N-dealkylation sites (N-methyl/N-ethyl adjacent to an activating group) is 1. The van der Waals surface area contributed by atoms with Gasteiger partial charge in [-0.1, -0.05) is 0 Å². The number of pyridine rings is 1. The second-order valence-electron chi connectivity index (χ2n) is 4.15. The summed E-state index contributed by atoms with van der Waals surface area (Å²) in [4.78, 5) is 6.00. The third kappa shape index (κ3) is 2.45. The summed E-state index contributed by atoms with van der Waals surface area (Å²) in [7, 11) is 1.97. The smallest absolute Gasteiger partial charge is 0.0791 e. The minimum absolute atomic E-state index is 0.0601. The zero-order chi connectivity index (χ0) is 10.8. The van der Waals surface area contributed by atoms with E-state index in [9.17, 15) is 5.11 Å². The van der Waals surface area contributed by atoms with Crippen molar-refractivity contribution in [1.29, 1.82) is 0 Å². The van der Waals surface area contributed by atoms with E-state index in [-0.39, 0.29) is 6.04 Å². The summed E-state index contributed by atoms with van der Waals surface area (Å²) in [5.41, 5.74) is 0.354. The number of aromatic nitrogens is 1. The van der Waals surface area contributed by atoms with Crippen molar-refractivity contribution in [3.63, 3.8) is 0 Å². The summed E-state index contributed by atoms with van der Waals surface area (Å²) in [5.74, 6) is 0. The molecule has 0 spiro atoms. The van der Waals surface area contributed by atoms with Gasteiger partial charge in [0, 0.05) is 25.1 Å². The molecule has 78 valence electrons. The van der Waals surface area contributed by atoms with E-state index < -0.39 is 5.60 Å². The first-order chi connectivity index (χ1) is 6.43. The molecule has 1 aromatic rings. The predicted molar refractivity (Wildman–Crippen MR) is 58.4 cm³/mol. The van der Waals surface area contributed by atoms with Crippen LogP contribution in [0.15, 0.2) is 24.5 Å². The minimum Gasteiger partial charge on any atom is -0.388 e. The van der Waals surface area contributed by atoms with Crippen LogP contribution in [0, 0.1) is 0 Å². The Labute approximate surface area is 85.4 Å². The van der Waals surface area contributed by atoms with Gasteiger partial charge in [0.1, 0.15) is 0 Å². The van der Waals surface area contributed by atoms with Crippen molar-refractivity contribution in [2.24, 2.45) is 0 Å². The quantitative estimate of drug-likeness (QED) is 0.795. The predicted octanol–water partition coefficient (Wildman–Crippen LogP) is 1.68. The molecule has 0 radical (unpaired) electrons. The molecule has 0 bridgehead atoms. The van der Waals surface area contributed by atoms with Gasteiger partial charge in [-0.25, -0.2) is 0 Å². The molecule has 1 heterocycles. The van der Waals surface area contributed by atoms with Crippen LogP contribution < -0.4 is 4.90 Å². The Balaban J connectivity index is 2.81. The molecule has 3 nitrogen and oxygen atoms in total. The fourth-order valence-corrected chi connectivity index (χ4v) is 1.28. The summed E-state index contributed by atoms with van der Waals surface area (Å²) in [6.07, 6.45) is 3.51. The first-order valence-corrected chi connectivity index (χ1v) is 4.78. The monoisotopic (exact) mass is 194 g/mol. The fourth-order valence-electron chi connectivity index (χ4n) is 1.28. The van der Waals surface area contributed by atoms with E-state index in [4.69, 9.17) is 0 Å². The Bertz CT molecular complexity index is 279. The molecule has 0 saturated carbocycles. The SMILES string of the molecule is CC(N(C)c1ccncc1)C(C)(C)O. The lowest BCUT2D eigenvalue weighted by atomic mass is 9.99. The molecular formula is C11H18N2O. The van der Waals surface area contributed by atoms with Crippen molar-refractivity contribution < 1.29 is 5.11 Å². The second kappa shape index (κ2) is 3.96. The van der Waals surface area contributed by atoms with Gasteiger partial charge in [-0.2, -0.15) is 0 Å². The van der Waals surface area contributed by atoms with Crippen molar-refractivity contribution >= 4 is 5.69 Å². The minimum atomic E-state index is -0.710. The first-order valence-electron chi connectivity index (χ1n) is 4.78. The molecule has 0 aromatic carbocycles. The van der Waals surface area contributed by atoms with Crippen molar-refractivity contribution in [1.82, 2.24) is 4.98 Å². The van der Waals surface area contributed by atoms with Gasteiger partial charge in [0.05, 0.1) is 11.6 Å². The average molecular weight is 194 g/mol. The molecule has 0 amide bonds. The van der Waals surface area contributed by atoms with Crippen LogP contribution in [0.3, 0.4) is 0 Å². The zero-order valence-electron chi connectivity index (χ0n) is 9.23. The Morgan fingerprint density at radius 1 is 1.36 bits per heavy atom. The van der Waals surface area contributed by atoms with Crippen LogP contribution in [0.1, 0.15) is 20.8 Å². The van der Waals surface area contributed by atoms with Crippen molar-refractivity contribution in [2.75, 3.05) is 11.9 Å². The maximum Gasteiger partial charge on any atom is 0.0791 e. The summed E-state index contributed by atoms with van der Waals surface area (Å²) in [5, 5.41) is 9.86. The van der Waals surface area contributed by atoms with Gasteiger partial charge in [-0.3, -0.25) is 4.98 Å². The Hall–Kier alpha value is -1.09. The standard InChI is InChI=1S/C11H18N2O/c1-9(11(2,3)14)13(4)10-5-7-12-8-6-10/h5-9,14H,1-4H3. The van der Waals surface area contributed by atoms with Crippen LogP contribution in [0.4, 0.5) is 5.69 Å². The number of anilines is 1. The van der Waals surface area contributed by atoms with Gasteiger partial charge in [-0.15, -0.1) is 0 Å². The van der Waals surface area contributed by atoms with E-state index in [1.807, 2.05) is 44.9 Å². The molecule has 1 rings (SSSR count).